The number of esters is 1. The highest BCUT2D eigenvalue weighted by Gasteiger charge is 2.27. The van der Waals surface area contributed by atoms with Crippen molar-refractivity contribution in [1.82, 2.24) is 0 Å². The van der Waals surface area contributed by atoms with E-state index >= 15 is 0 Å². The average molecular weight is 344 g/mol. The number of Topliss-reactive ketones (excluding diaryl/α,β-unsaturated/α-hetero) is 1. The summed E-state index contributed by atoms with van der Waals surface area (Å²) < 4.78 is 5.69. The number of benzene rings is 1. The Morgan fingerprint density at radius 1 is 1.00 bits per heavy atom. The molecule has 0 radical (unpaired) electrons. The normalized spacial score (nSPS) is 12.6. The molecule has 138 valence electrons. The van der Waals surface area contributed by atoms with Crippen LogP contribution in [0.2, 0.25) is 0 Å². The van der Waals surface area contributed by atoms with Crippen LogP contribution in [0, 0.1) is 12.3 Å². The fourth-order valence-electron chi connectivity index (χ4n) is 2.90. The first kappa shape index (κ1) is 21.1. The Bertz CT molecular complexity index is 663. The van der Waals surface area contributed by atoms with Crippen molar-refractivity contribution < 1.29 is 14.3 Å². The van der Waals surface area contributed by atoms with Gasteiger partial charge in [-0.15, -0.1) is 0 Å². The van der Waals surface area contributed by atoms with Gasteiger partial charge in [0.05, 0.1) is 11.0 Å². The van der Waals surface area contributed by atoms with Crippen LogP contribution in [0.25, 0.3) is 5.57 Å². The Labute approximate surface area is 152 Å². The van der Waals surface area contributed by atoms with Crippen LogP contribution in [0.5, 0.6) is 0 Å². The van der Waals surface area contributed by atoms with E-state index in [2.05, 4.69) is 32.9 Å². The highest BCUT2D eigenvalue weighted by Crippen LogP contribution is 2.32. The molecule has 0 spiro atoms. The third-order valence-electron chi connectivity index (χ3n) is 4.24. The van der Waals surface area contributed by atoms with Crippen LogP contribution in [-0.2, 0) is 27.2 Å². The molecule has 0 saturated carbocycles. The second kappa shape index (κ2) is 8.46. The van der Waals surface area contributed by atoms with Gasteiger partial charge in [-0.1, -0.05) is 38.5 Å². The van der Waals surface area contributed by atoms with Gasteiger partial charge in [-0.2, -0.15) is 0 Å². The van der Waals surface area contributed by atoms with Crippen LogP contribution in [0.1, 0.15) is 77.1 Å². The second-order valence-electron chi connectivity index (χ2n) is 7.51. The molecule has 3 heteroatoms. The Morgan fingerprint density at radius 3 is 1.80 bits per heavy atom. The molecule has 3 nitrogen and oxygen atoms in total. The number of ketones is 1. The molecule has 0 aliphatic rings. The van der Waals surface area contributed by atoms with E-state index in [0.717, 1.165) is 29.5 Å². The monoisotopic (exact) mass is 344 g/mol. The minimum absolute atomic E-state index is 0.0631. The lowest BCUT2D eigenvalue weighted by Gasteiger charge is -2.22. The number of hydrogen-bond donors (Lipinski definition) is 0. The van der Waals surface area contributed by atoms with Gasteiger partial charge in [0.1, 0.15) is 5.76 Å². The summed E-state index contributed by atoms with van der Waals surface area (Å²) in [5.74, 6) is 0.0961. The summed E-state index contributed by atoms with van der Waals surface area (Å²) >= 11 is 0. The van der Waals surface area contributed by atoms with Gasteiger partial charge in [0.25, 0.3) is 0 Å². The van der Waals surface area contributed by atoms with Gasteiger partial charge in [-0.05, 0) is 64.2 Å². The zero-order chi connectivity index (χ0) is 19.4. The highest BCUT2D eigenvalue weighted by atomic mass is 16.5. The van der Waals surface area contributed by atoms with Crippen LogP contribution >= 0.6 is 0 Å². The van der Waals surface area contributed by atoms with Crippen LogP contribution in [0.15, 0.2) is 17.9 Å². The van der Waals surface area contributed by atoms with Crippen LogP contribution in [0.3, 0.4) is 0 Å². The van der Waals surface area contributed by atoms with Crippen LogP contribution in [-0.4, -0.2) is 11.8 Å². The Morgan fingerprint density at radius 2 is 1.48 bits per heavy atom. The first-order chi connectivity index (χ1) is 11.6. The van der Waals surface area contributed by atoms with Crippen molar-refractivity contribution in [1.29, 1.82) is 0 Å². The fourth-order valence-corrected chi connectivity index (χ4v) is 2.90. The van der Waals surface area contributed by atoms with Gasteiger partial charge in [-0.3, -0.25) is 9.59 Å². The molecule has 25 heavy (non-hydrogen) atoms. The molecule has 0 aromatic heterocycles. The Balaban J connectivity index is 3.69. The van der Waals surface area contributed by atoms with E-state index in [1.807, 2.05) is 27.7 Å². The van der Waals surface area contributed by atoms with Gasteiger partial charge in [0.2, 0.25) is 0 Å². The molecule has 0 unspecified atom stereocenters. The molecule has 0 fully saturated rings. The zero-order valence-corrected chi connectivity index (χ0v) is 17.0. The third kappa shape index (κ3) is 5.04. The lowest BCUT2D eigenvalue weighted by Crippen LogP contribution is -2.23. The number of hydrogen-bond acceptors (Lipinski definition) is 3. The number of carbonyl (C=O) groups excluding carboxylic acids is 2. The maximum atomic E-state index is 12.5. The van der Waals surface area contributed by atoms with Crippen LogP contribution in [0.4, 0.5) is 0 Å². The van der Waals surface area contributed by atoms with Crippen molar-refractivity contribution >= 4 is 17.3 Å². The van der Waals surface area contributed by atoms with Crippen molar-refractivity contribution in [3.05, 3.63) is 40.1 Å². The number of allylic oxidation sites excluding steroid dienone is 2. The number of rotatable bonds is 6. The summed E-state index contributed by atoms with van der Waals surface area (Å²) in [5.41, 5.74) is 4.32. The molecule has 0 aliphatic heterocycles. The van der Waals surface area contributed by atoms with E-state index in [4.69, 9.17) is 4.74 Å². The van der Waals surface area contributed by atoms with Crippen molar-refractivity contribution in [2.75, 3.05) is 0 Å². The summed E-state index contributed by atoms with van der Waals surface area (Å²) in [7, 11) is 0. The van der Waals surface area contributed by atoms with E-state index < -0.39 is 5.41 Å². The summed E-state index contributed by atoms with van der Waals surface area (Å²) in [6, 6.07) is 4.24. The minimum Gasteiger partial charge on any atom is -0.430 e. The largest absolute Gasteiger partial charge is 0.430 e. The molecule has 0 N–H and O–H groups in total. The van der Waals surface area contributed by atoms with E-state index in [1.165, 1.54) is 5.56 Å². The van der Waals surface area contributed by atoms with Gasteiger partial charge < -0.3 is 4.74 Å². The summed E-state index contributed by atoms with van der Waals surface area (Å²) in [6.07, 6.45) is 2.15. The SMILES string of the molecule is CCC(OC(=O)C(C)(C)C)=C(C(C)=O)c1c(CC)cc(C)cc1CC. The van der Waals surface area contributed by atoms with Gasteiger partial charge in [0, 0.05) is 6.42 Å². The molecular weight excluding hydrogens is 312 g/mol. The topological polar surface area (TPSA) is 43.4 Å². The second-order valence-corrected chi connectivity index (χ2v) is 7.51. The average Bonchev–Trinajstić information content (AvgIpc) is 2.53. The van der Waals surface area contributed by atoms with E-state index in [1.54, 1.807) is 6.92 Å². The van der Waals surface area contributed by atoms with E-state index in [0.29, 0.717) is 17.8 Å². The highest BCUT2D eigenvalue weighted by molar-refractivity contribution is 6.21. The molecule has 0 aliphatic carbocycles. The summed E-state index contributed by atoms with van der Waals surface area (Å²) in [4.78, 5) is 24.9. The zero-order valence-electron chi connectivity index (χ0n) is 17.0. The summed E-state index contributed by atoms with van der Waals surface area (Å²) in [5, 5.41) is 0. The fraction of sp³-hybridized carbons (Fsp3) is 0.545. The molecule has 0 atom stereocenters. The summed E-state index contributed by atoms with van der Waals surface area (Å²) in [6.45, 7) is 15.2. The first-order valence-electron chi connectivity index (χ1n) is 9.15. The molecule has 1 aromatic carbocycles. The molecule has 0 saturated heterocycles. The molecule has 0 heterocycles. The molecule has 0 amide bonds. The van der Waals surface area contributed by atoms with Crippen LogP contribution < -0.4 is 0 Å². The molecular formula is C22H32O3. The smallest absolute Gasteiger partial charge is 0.316 e. The predicted octanol–water partition coefficient (Wildman–Crippen LogP) is 5.42. The molecule has 1 rings (SSSR count). The van der Waals surface area contributed by atoms with E-state index in [-0.39, 0.29) is 11.8 Å². The van der Waals surface area contributed by atoms with Gasteiger partial charge in [-0.25, -0.2) is 0 Å². The van der Waals surface area contributed by atoms with E-state index in [9.17, 15) is 9.59 Å². The standard InChI is InChI=1S/C22H32O3/c1-9-16-12-14(4)13-17(10-2)20(16)19(15(5)23)18(11-3)25-21(24)22(6,7)8/h12-13H,9-11H2,1-8H3. The Kier molecular flexibility index (Phi) is 7.16. The van der Waals surface area contributed by atoms with Crippen molar-refractivity contribution in [2.24, 2.45) is 5.41 Å². The van der Waals surface area contributed by atoms with Crippen molar-refractivity contribution in [3.63, 3.8) is 0 Å². The molecule has 1 aromatic rings. The van der Waals surface area contributed by atoms with Crippen molar-refractivity contribution in [3.8, 4) is 0 Å². The number of ether oxygens (including phenoxy) is 1. The van der Waals surface area contributed by atoms with Gasteiger partial charge in [0.15, 0.2) is 5.78 Å². The quantitative estimate of drug-likeness (QED) is 0.393. The molecule has 0 bridgehead atoms. The maximum absolute atomic E-state index is 12.5. The lowest BCUT2D eigenvalue weighted by molar-refractivity contribution is -0.148. The maximum Gasteiger partial charge on any atom is 0.316 e. The lowest BCUT2D eigenvalue weighted by atomic mass is 9.87. The first-order valence-corrected chi connectivity index (χ1v) is 9.15. The third-order valence-corrected chi connectivity index (χ3v) is 4.24. The van der Waals surface area contributed by atoms with Gasteiger partial charge >= 0.3 is 5.97 Å². The number of aryl methyl sites for hydroxylation is 3. The van der Waals surface area contributed by atoms with Crippen molar-refractivity contribution in [2.45, 2.75) is 74.7 Å². The predicted molar refractivity (Wildman–Crippen MR) is 103 cm³/mol. The number of carbonyl (C=O) groups is 2. The minimum atomic E-state index is -0.614. The Hall–Kier alpha value is -1.90.